The van der Waals surface area contributed by atoms with Gasteiger partial charge in [-0.1, -0.05) is 142 Å². The first-order chi connectivity index (χ1) is 34.6. The molecule has 2 fully saturated rings. The van der Waals surface area contributed by atoms with Gasteiger partial charge >= 0.3 is 27.6 Å². The summed E-state index contributed by atoms with van der Waals surface area (Å²) in [7, 11) is -10.7. The molecule has 0 bridgehead atoms. The molecule has 72 heavy (non-hydrogen) atoms. The van der Waals surface area contributed by atoms with E-state index in [-0.39, 0.29) is 12.8 Å². The summed E-state index contributed by atoms with van der Waals surface area (Å²) in [6.07, 6.45) is 40.5. The maximum atomic E-state index is 13.0. The van der Waals surface area contributed by atoms with Crippen LogP contribution >= 0.6 is 15.6 Å². The minimum absolute atomic E-state index is 0.0554. The van der Waals surface area contributed by atoms with E-state index in [4.69, 9.17) is 23.3 Å². The van der Waals surface area contributed by atoms with Crippen molar-refractivity contribution in [2.45, 2.75) is 184 Å². The number of hydrogen-bond donors (Lipinski definition) is 7. The molecule has 0 aromatic heterocycles. The van der Waals surface area contributed by atoms with Crippen molar-refractivity contribution in [3.8, 4) is 0 Å². The third kappa shape index (κ3) is 31.8. The molecule has 2 rings (SSSR count). The van der Waals surface area contributed by atoms with E-state index in [1.54, 1.807) is 6.08 Å². The number of carbonyl (C=O) groups excluding carboxylic acids is 2. The quantitative estimate of drug-likeness (QED) is 0.00993. The molecule has 0 amide bonds. The van der Waals surface area contributed by atoms with Crippen molar-refractivity contribution in [3.05, 3.63) is 122 Å². The minimum Gasteiger partial charge on any atom is -0.462 e. The van der Waals surface area contributed by atoms with Gasteiger partial charge in [0.05, 0.1) is 18.8 Å². The molecular weight excluding hydrogens is 971 g/mol. The van der Waals surface area contributed by atoms with E-state index >= 15 is 0 Å². The molecule has 19 heteroatoms. The van der Waals surface area contributed by atoms with Crippen LogP contribution in [0.5, 0.6) is 0 Å². The minimum atomic E-state index is -5.39. The fourth-order valence-corrected chi connectivity index (χ4v) is 8.54. The highest BCUT2D eigenvalue weighted by atomic mass is 31.2. The number of carbonyl (C=O) groups is 2. The Kier molecular flexibility index (Phi) is 34.8. The summed E-state index contributed by atoms with van der Waals surface area (Å²) in [6, 6.07) is 0. The summed E-state index contributed by atoms with van der Waals surface area (Å²) in [5, 5.41) is 41.3. The van der Waals surface area contributed by atoms with Gasteiger partial charge in [0.2, 0.25) is 0 Å². The normalized spacial score (nSPS) is 24.6. The first-order valence-electron chi connectivity index (χ1n) is 25.2. The van der Waals surface area contributed by atoms with Gasteiger partial charge in [0, 0.05) is 12.8 Å². The van der Waals surface area contributed by atoms with E-state index in [0.29, 0.717) is 31.5 Å². The van der Waals surface area contributed by atoms with Gasteiger partial charge in [-0.25, -0.2) is 9.13 Å². The van der Waals surface area contributed by atoms with Crippen molar-refractivity contribution < 1.29 is 81.6 Å². The fourth-order valence-electron chi connectivity index (χ4n) is 7.00. The monoisotopic (exact) mass is 1050 g/mol. The first kappa shape index (κ1) is 64.5. The summed E-state index contributed by atoms with van der Waals surface area (Å²) in [6.45, 7) is 2.78. The number of ether oxygens (including phenoxy) is 3. The Morgan fingerprint density at radius 3 is 1.46 bits per heavy atom. The van der Waals surface area contributed by atoms with Crippen LogP contribution in [-0.4, -0.2) is 115 Å². The molecule has 1 heterocycles. The van der Waals surface area contributed by atoms with Crippen LogP contribution in [0.3, 0.4) is 0 Å². The van der Waals surface area contributed by atoms with Crippen LogP contribution in [0.25, 0.3) is 0 Å². The smallest absolute Gasteiger partial charge is 0.462 e. The number of hydrogen-bond acceptors (Lipinski definition) is 14. The van der Waals surface area contributed by atoms with Gasteiger partial charge in [-0.05, 0) is 96.3 Å². The number of phosphoric acid groups is 2. The number of aliphatic hydroxyl groups excluding tert-OH is 4. The van der Waals surface area contributed by atoms with Gasteiger partial charge in [0.15, 0.2) is 6.10 Å². The predicted molar refractivity (Wildman–Crippen MR) is 277 cm³/mol. The third-order valence-electron chi connectivity index (χ3n) is 10.9. The maximum absolute atomic E-state index is 13.0. The van der Waals surface area contributed by atoms with Gasteiger partial charge in [0.1, 0.15) is 43.2 Å². The molecule has 10 atom stereocenters. The van der Waals surface area contributed by atoms with Crippen molar-refractivity contribution in [2.24, 2.45) is 0 Å². The molecule has 7 N–H and O–H groups in total. The van der Waals surface area contributed by atoms with Gasteiger partial charge in [-0.3, -0.25) is 23.2 Å². The topological polar surface area (TPSA) is 269 Å². The Balaban J connectivity index is 1.81. The zero-order chi connectivity index (χ0) is 52.9. The maximum Gasteiger partial charge on any atom is 0.472 e. The molecule has 17 nitrogen and oxygen atoms in total. The summed E-state index contributed by atoms with van der Waals surface area (Å²) >= 11 is 0. The number of rotatable bonds is 39. The first-order valence-corrected chi connectivity index (χ1v) is 28.2. The van der Waals surface area contributed by atoms with Crippen LogP contribution in [-0.2, 0) is 46.5 Å². The molecule has 0 radical (unpaired) electrons. The molecule has 7 unspecified atom stereocenters. The Morgan fingerprint density at radius 1 is 0.500 bits per heavy atom. The second kappa shape index (κ2) is 38.9. The van der Waals surface area contributed by atoms with Crippen LogP contribution in [0, 0.1) is 0 Å². The molecule has 1 saturated heterocycles. The van der Waals surface area contributed by atoms with Crippen molar-refractivity contribution in [1.29, 1.82) is 0 Å². The highest BCUT2D eigenvalue weighted by Crippen LogP contribution is 2.49. The van der Waals surface area contributed by atoms with E-state index < -0.39 is 83.5 Å². The van der Waals surface area contributed by atoms with E-state index in [0.717, 1.165) is 83.5 Å². The lowest BCUT2D eigenvalue weighted by Gasteiger charge is -2.43. The van der Waals surface area contributed by atoms with Crippen molar-refractivity contribution in [3.63, 3.8) is 0 Å². The highest BCUT2D eigenvalue weighted by Gasteiger charge is 2.54. The zero-order valence-corrected chi connectivity index (χ0v) is 43.8. The Morgan fingerprint density at radius 2 is 0.944 bits per heavy atom. The van der Waals surface area contributed by atoms with Gasteiger partial charge < -0.3 is 49.3 Å². The largest absolute Gasteiger partial charge is 0.472 e. The van der Waals surface area contributed by atoms with Crippen LogP contribution in [0.4, 0.5) is 0 Å². The number of esters is 2. The van der Waals surface area contributed by atoms with E-state index in [1.165, 1.54) is 0 Å². The molecule has 406 valence electrons. The average Bonchev–Trinajstić information content (AvgIpc) is 4.10. The molecule has 2 aliphatic rings. The zero-order valence-electron chi connectivity index (χ0n) is 42.0. The van der Waals surface area contributed by atoms with Gasteiger partial charge in [0.25, 0.3) is 0 Å². The van der Waals surface area contributed by atoms with Crippen LogP contribution in [0.1, 0.15) is 129 Å². The van der Waals surface area contributed by atoms with Crippen molar-refractivity contribution in [1.82, 2.24) is 0 Å². The van der Waals surface area contributed by atoms with Crippen molar-refractivity contribution >= 4 is 27.6 Å². The van der Waals surface area contributed by atoms with E-state index in [9.17, 15) is 53.8 Å². The molecule has 0 aromatic rings. The van der Waals surface area contributed by atoms with Crippen LogP contribution in [0.2, 0.25) is 0 Å². The average molecular weight is 1050 g/mol. The highest BCUT2D eigenvalue weighted by molar-refractivity contribution is 7.47. The molecule has 1 aliphatic carbocycles. The number of allylic oxidation sites excluding steroid dienone is 18. The predicted octanol–water partition coefficient (Wildman–Crippen LogP) is 9.27. The van der Waals surface area contributed by atoms with Crippen LogP contribution in [0.15, 0.2) is 122 Å². The summed E-state index contributed by atoms with van der Waals surface area (Å²) in [4.78, 5) is 54.4. The molecular formula is C53H82O17P2. The Bertz CT molecular complexity index is 1910. The lowest BCUT2D eigenvalue weighted by molar-refractivity contribution is -0.216. The summed E-state index contributed by atoms with van der Waals surface area (Å²) in [5.74, 6) is -1.36. The molecule has 0 aromatic carbocycles. The second-order valence-electron chi connectivity index (χ2n) is 17.2. The summed E-state index contributed by atoms with van der Waals surface area (Å²) in [5.41, 5.74) is 0. The van der Waals surface area contributed by atoms with E-state index in [2.05, 4.69) is 116 Å². The van der Waals surface area contributed by atoms with Gasteiger partial charge in [-0.15, -0.1) is 0 Å². The molecule has 1 saturated carbocycles. The molecule has 0 spiro atoms. The number of unbranched alkanes of at least 4 members (excludes halogenated alkanes) is 3. The number of aliphatic hydroxyl groups is 4. The lowest BCUT2D eigenvalue weighted by atomic mass is 9.85. The van der Waals surface area contributed by atoms with E-state index in [1.807, 2.05) is 18.2 Å². The number of phosphoric ester groups is 2. The lowest BCUT2D eigenvalue weighted by Crippen LogP contribution is -2.64. The Labute approximate surface area is 426 Å². The Hall–Kier alpha value is -3.64. The van der Waals surface area contributed by atoms with Crippen molar-refractivity contribution in [2.75, 3.05) is 13.2 Å². The molecule has 1 aliphatic heterocycles. The standard InChI is InChI=1S/C53H82O17P2/c1-3-5-7-8-9-10-11-12-13-14-15-16-17-18-22-25-28-31-35-39-46(54)65-41-43(42-66-72(63,64)70-53-50(58)48(56)49(57)52(51(53)59)69-71(60,61)62)67-47(55)40-36-32-29-26-23-20-19-21-24-27-30-34-38-45-44(68-45)37-33-6-4-2/h5-7,9-10,12-13,15-16,18,20-24,29-30,32-34,43-45,48-53,56-59H,3-4,8,11,14,17,19,25-28,31,35-42H2,1-2H3,(H,63,64)(H2,60,61,62)/b7-5-,10-9-,13-12-,16-15-,22-18-,23-20-,24-21-,32-29-,33-6-,34-30-/t43-,44?,45?,48?,49?,50?,51?,52-,53+/m1/s1. The van der Waals surface area contributed by atoms with Crippen LogP contribution < -0.4 is 0 Å². The SMILES string of the molecule is CC/C=C\C/C=C\C/C=C\C/C=C\C/C=C\CCCCCC(=O)OC[C@H](COP(=O)(O)O[C@H]1C(O)C(O)C(O)[C@@H](OP(=O)(O)O)C1O)OC(=O)CC/C=C\C/C=C\C/C=C\C/C=C\CC1OC1C/C=C\CC. The second-order valence-corrected chi connectivity index (χ2v) is 19.8. The third-order valence-corrected chi connectivity index (χ3v) is 12.4. The summed E-state index contributed by atoms with van der Waals surface area (Å²) < 4.78 is 55.0. The number of epoxide rings is 1. The fraction of sp³-hybridized carbons (Fsp3) is 0.585. The van der Waals surface area contributed by atoms with Gasteiger partial charge in [-0.2, -0.15) is 0 Å².